The Bertz CT molecular complexity index is 960. The lowest BCUT2D eigenvalue weighted by atomic mass is 10.00. The number of hydrogen-bond donors (Lipinski definition) is 0. The number of rotatable bonds is 5. The maximum Gasteiger partial charge on any atom is 0.142 e. The predicted octanol–water partition coefficient (Wildman–Crippen LogP) is 5.00. The first-order chi connectivity index (χ1) is 12.3. The van der Waals surface area contributed by atoms with Crippen molar-refractivity contribution >= 4 is 10.8 Å². The van der Waals surface area contributed by atoms with Crippen LogP contribution < -0.4 is 4.74 Å². The number of aromatic nitrogens is 2. The average molecular weight is 332 g/mol. The van der Waals surface area contributed by atoms with Gasteiger partial charge in [0.05, 0.1) is 12.9 Å². The van der Waals surface area contributed by atoms with E-state index in [1.54, 1.807) is 24.7 Å². The molecule has 1 atom stereocenters. The van der Waals surface area contributed by atoms with Crippen molar-refractivity contribution in [3.63, 3.8) is 0 Å². The van der Waals surface area contributed by atoms with E-state index in [1.165, 1.54) is 17.5 Å². The number of nitrogens with zero attached hydrogens (tertiary/aromatic N) is 2. The predicted molar refractivity (Wildman–Crippen MR) is 95.9 cm³/mol. The highest BCUT2D eigenvalue weighted by Gasteiger charge is 2.17. The molecule has 0 spiro atoms. The van der Waals surface area contributed by atoms with Crippen LogP contribution >= 0.6 is 0 Å². The topological polar surface area (TPSA) is 27.1 Å². The first-order valence-electron chi connectivity index (χ1n) is 8.15. The van der Waals surface area contributed by atoms with Gasteiger partial charge in [0.15, 0.2) is 0 Å². The van der Waals surface area contributed by atoms with E-state index in [0.717, 1.165) is 10.9 Å². The van der Waals surface area contributed by atoms with Crippen molar-refractivity contribution in [2.75, 3.05) is 0 Å². The van der Waals surface area contributed by atoms with Crippen molar-refractivity contribution in [1.29, 1.82) is 0 Å². The number of ether oxygens (including phenoxy) is 1. The Balaban J connectivity index is 1.74. The summed E-state index contributed by atoms with van der Waals surface area (Å²) in [6.45, 7) is 0.616. The van der Waals surface area contributed by atoms with Crippen LogP contribution in [-0.2, 0) is 6.54 Å². The lowest BCUT2D eigenvalue weighted by Gasteiger charge is -2.22. The van der Waals surface area contributed by atoms with Gasteiger partial charge in [-0.3, -0.25) is 0 Å². The fourth-order valence-electron chi connectivity index (χ4n) is 2.99. The van der Waals surface area contributed by atoms with Crippen LogP contribution in [0.25, 0.3) is 10.8 Å². The zero-order chi connectivity index (χ0) is 17.1. The fourth-order valence-corrected chi connectivity index (χ4v) is 2.99. The SMILES string of the molecule is Fc1ccc(OC(Cn2ccnc2)c2cccc3ccccc23)cc1. The third kappa shape index (κ3) is 3.38. The van der Waals surface area contributed by atoms with Crippen LogP contribution in [0.3, 0.4) is 0 Å². The van der Waals surface area contributed by atoms with E-state index in [4.69, 9.17) is 4.74 Å². The molecular formula is C21H17FN2O. The van der Waals surface area contributed by atoms with Crippen molar-refractivity contribution in [2.45, 2.75) is 12.6 Å². The second kappa shape index (κ2) is 6.77. The fraction of sp³-hybridized carbons (Fsp3) is 0.0952. The standard InChI is InChI=1S/C21H17FN2O/c22-17-8-10-18(11-9-17)25-21(14-24-13-12-23-15-24)20-7-3-5-16-4-1-2-6-19(16)20/h1-13,15,21H,14H2. The normalized spacial score (nSPS) is 12.2. The summed E-state index contributed by atoms with van der Waals surface area (Å²) in [6.07, 6.45) is 5.21. The van der Waals surface area contributed by atoms with Crippen LogP contribution in [0, 0.1) is 5.82 Å². The molecule has 3 nitrogen and oxygen atoms in total. The van der Waals surface area contributed by atoms with Gasteiger partial charge in [-0.25, -0.2) is 9.37 Å². The van der Waals surface area contributed by atoms with Gasteiger partial charge in [-0.05, 0) is 35.0 Å². The Morgan fingerprint density at radius 3 is 2.56 bits per heavy atom. The molecule has 0 radical (unpaired) electrons. The van der Waals surface area contributed by atoms with Crippen molar-refractivity contribution in [2.24, 2.45) is 0 Å². The van der Waals surface area contributed by atoms with Crippen molar-refractivity contribution in [3.05, 3.63) is 96.8 Å². The minimum Gasteiger partial charge on any atom is -0.484 e. The molecule has 0 aliphatic heterocycles. The Morgan fingerprint density at radius 2 is 1.76 bits per heavy atom. The molecule has 4 rings (SSSR count). The first kappa shape index (κ1) is 15.4. The smallest absolute Gasteiger partial charge is 0.142 e. The Labute approximate surface area is 145 Å². The van der Waals surface area contributed by atoms with E-state index in [0.29, 0.717) is 12.3 Å². The van der Waals surface area contributed by atoms with Gasteiger partial charge in [-0.1, -0.05) is 42.5 Å². The van der Waals surface area contributed by atoms with Gasteiger partial charge < -0.3 is 9.30 Å². The van der Waals surface area contributed by atoms with Crippen LogP contribution in [0.2, 0.25) is 0 Å². The summed E-state index contributed by atoms with van der Waals surface area (Å²) >= 11 is 0. The summed E-state index contributed by atoms with van der Waals surface area (Å²) in [7, 11) is 0. The number of benzene rings is 3. The maximum atomic E-state index is 13.2. The highest BCUT2D eigenvalue weighted by molar-refractivity contribution is 5.86. The van der Waals surface area contributed by atoms with E-state index < -0.39 is 0 Å². The number of hydrogen-bond acceptors (Lipinski definition) is 2. The third-order valence-corrected chi connectivity index (χ3v) is 4.20. The summed E-state index contributed by atoms with van der Waals surface area (Å²) in [5.41, 5.74) is 1.09. The quantitative estimate of drug-likeness (QED) is 0.514. The van der Waals surface area contributed by atoms with Crippen LogP contribution in [0.5, 0.6) is 5.75 Å². The molecule has 0 saturated carbocycles. The van der Waals surface area contributed by atoms with Gasteiger partial charge in [0.2, 0.25) is 0 Å². The molecule has 124 valence electrons. The molecule has 3 aromatic carbocycles. The number of fused-ring (bicyclic) bond motifs is 1. The van der Waals surface area contributed by atoms with Gasteiger partial charge in [0.25, 0.3) is 0 Å². The number of imidazole rings is 1. The molecule has 0 saturated heterocycles. The third-order valence-electron chi connectivity index (χ3n) is 4.20. The van der Waals surface area contributed by atoms with Crippen LogP contribution in [0.15, 0.2) is 85.5 Å². The first-order valence-corrected chi connectivity index (χ1v) is 8.15. The molecular weight excluding hydrogens is 315 g/mol. The number of halogens is 1. The van der Waals surface area contributed by atoms with Crippen molar-refractivity contribution < 1.29 is 9.13 Å². The molecule has 0 aliphatic carbocycles. The molecule has 4 heteroatoms. The second-order valence-electron chi connectivity index (χ2n) is 5.89. The summed E-state index contributed by atoms with van der Waals surface area (Å²) in [5.74, 6) is 0.364. The Hall–Kier alpha value is -3.14. The molecule has 1 aromatic heterocycles. The van der Waals surface area contributed by atoms with Gasteiger partial charge in [0.1, 0.15) is 17.7 Å². The highest BCUT2D eigenvalue weighted by atomic mass is 19.1. The van der Waals surface area contributed by atoms with E-state index in [1.807, 2.05) is 29.0 Å². The van der Waals surface area contributed by atoms with E-state index in [2.05, 4.69) is 29.2 Å². The molecule has 0 amide bonds. The van der Waals surface area contributed by atoms with Crippen LogP contribution in [-0.4, -0.2) is 9.55 Å². The average Bonchev–Trinajstić information content (AvgIpc) is 3.16. The molecule has 25 heavy (non-hydrogen) atoms. The van der Waals surface area contributed by atoms with Gasteiger partial charge in [0, 0.05) is 18.0 Å². The van der Waals surface area contributed by atoms with E-state index in [-0.39, 0.29) is 11.9 Å². The maximum absolute atomic E-state index is 13.2. The zero-order valence-electron chi connectivity index (χ0n) is 13.5. The second-order valence-corrected chi connectivity index (χ2v) is 5.89. The van der Waals surface area contributed by atoms with E-state index >= 15 is 0 Å². The summed E-state index contributed by atoms with van der Waals surface area (Å²) in [4.78, 5) is 4.11. The lowest BCUT2D eigenvalue weighted by molar-refractivity contribution is 0.184. The molecule has 0 bridgehead atoms. The molecule has 4 aromatic rings. The van der Waals surface area contributed by atoms with Gasteiger partial charge in [-0.15, -0.1) is 0 Å². The molecule has 0 aliphatic rings. The van der Waals surface area contributed by atoms with Crippen molar-refractivity contribution in [3.8, 4) is 5.75 Å². The zero-order valence-corrected chi connectivity index (χ0v) is 13.5. The minimum absolute atomic E-state index is 0.217. The summed E-state index contributed by atoms with van der Waals surface area (Å²) in [5, 5.41) is 2.32. The molecule has 1 heterocycles. The Morgan fingerprint density at radius 1 is 0.960 bits per heavy atom. The summed E-state index contributed by atoms with van der Waals surface area (Å²) < 4.78 is 21.4. The summed E-state index contributed by atoms with van der Waals surface area (Å²) in [6, 6.07) is 20.6. The highest BCUT2D eigenvalue weighted by Crippen LogP contribution is 2.29. The minimum atomic E-state index is -0.274. The monoisotopic (exact) mass is 332 g/mol. The van der Waals surface area contributed by atoms with Crippen LogP contribution in [0.4, 0.5) is 4.39 Å². The Kier molecular flexibility index (Phi) is 4.17. The molecule has 0 fully saturated rings. The van der Waals surface area contributed by atoms with E-state index in [9.17, 15) is 4.39 Å². The van der Waals surface area contributed by atoms with Crippen molar-refractivity contribution in [1.82, 2.24) is 9.55 Å². The molecule has 1 unspecified atom stereocenters. The lowest BCUT2D eigenvalue weighted by Crippen LogP contribution is -2.15. The largest absolute Gasteiger partial charge is 0.484 e. The van der Waals surface area contributed by atoms with Gasteiger partial charge >= 0.3 is 0 Å². The molecule has 0 N–H and O–H groups in total. The van der Waals surface area contributed by atoms with Gasteiger partial charge in [-0.2, -0.15) is 0 Å². The van der Waals surface area contributed by atoms with Crippen LogP contribution in [0.1, 0.15) is 11.7 Å².